The van der Waals surface area contributed by atoms with Gasteiger partial charge in [-0.25, -0.2) is 4.79 Å². The van der Waals surface area contributed by atoms with E-state index in [0.29, 0.717) is 16.5 Å². The molecule has 1 aromatic heterocycles. The van der Waals surface area contributed by atoms with E-state index in [9.17, 15) is 38.7 Å². The number of para-hydroxylation sites is 1. The summed E-state index contributed by atoms with van der Waals surface area (Å²) in [7, 11) is 0. The Labute approximate surface area is 226 Å². The third-order valence-corrected chi connectivity index (χ3v) is 5.77. The van der Waals surface area contributed by atoms with Gasteiger partial charge in [0, 0.05) is 29.9 Å². The van der Waals surface area contributed by atoms with Crippen LogP contribution in [0.15, 0.2) is 30.5 Å². The average Bonchev–Trinajstić information content (AvgIpc) is 3.27. The molecule has 0 aliphatic rings. The van der Waals surface area contributed by atoms with E-state index >= 15 is 0 Å². The molecular formula is C24H30N6O10. The van der Waals surface area contributed by atoms with Crippen molar-refractivity contribution < 1.29 is 48.9 Å². The van der Waals surface area contributed by atoms with Crippen LogP contribution in [0.2, 0.25) is 0 Å². The first-order valence-electron chi connectivity index (χ1n) is 11.9. The van der Waals surface area contributed by atoms with Gasteiger partial charge < -0.3 is 47.7 Å². The maximum atomic E-state index is 13.2. The zero-order chi connectivity index (χ0) is 30.0. The highest BCUT2D eigenvalue weighted by Gasteiger charge is 2.32. The standard InChI is InChI=1S/C24H30N6O10/c25-13(8-19(32)33)21(36)28-15(5-6-18(26)31)22(37)29-16(23(38)30-17(24(39)40)9-20(34)35)7-11-10-27-14-4-2-1-3-12(11)14/h1-4,10,13,15-17,27H,5-9,25H2,(H2,26,31)(H,28,36)(H,29,37)(H,30,38)(H,32,33)(H,34,35)(H,39,40). The molecular weight excluding hydrogens is 532 g/mol. The number of nitrogens with two attached hydrogens (primary N) is 2. The van der Waals surface area contributed by atoms with Gasteiger partial charge >= 0.3 is 17.9 Å². The highest BCUT2D eigenvalue weighted by Crippen LogP contribution is 2.19. The van der Waals surface area contributed by atoms with Crippen molar-refractivity contribution in [3.8, 4) is 0 Å². The summed E-state index contributed by atoms with van der Waals surface area (Å²) in [6, 6.07) is 0.703. The molecule has 16 nitrogen and oxygen atoms in total. The van der Waals surface area contributed by atoms with Crippen molar-refractivity contribution in [3.05, 3.63) is 36.0 Å². The number of rotatable bonds is 16. The second kappa shape index (κ2) is 14.2. The molecule has 1 aromatic carbocycles. The lowest BCUT2D eigenvalue weighted by Gasteiger charge is -2.25. The molecule has 11 N–H and O–H groups in total. The van der Waals surface area contributed by atoms with E-state index < -0.39 is 78.5 Å². The topological polar surface area (TPSA) is 284 Å². The maximum absolute atomic E-state index is 13.2. The number of benzene rings is 1. The Kier molecular flexibility index (Phi) is 11.1. The molecule has 40 heavy (non-hydrogen) atoms. The van der Waals surface area contributed by atoms with Crippen LogP contribution in [0.3, 0.4) is 0 Å². The van der Waals surface area contributed by atoms with Gasteiger partial charge in [0.1, 0.15) is 18.1 Å². The molecule has 16 heteroatoms. The molecule has 1 heterocycles. The predicted octanol–water partition coefficient (Wildman–Crippen LogP) is -2.21. The molecule has 0 fully saturated rings. The Morgan fingerprint density at radius 2 is 1.38 bits per heavy atom. The Morgan fingerprint density at radius 1 is 0.800 bits per heavy atom. The summed E-state index contributed by atoms with van der Waals surface area (Å²) < 4.78 is 0. The second-order valence-electron chi connectivity index (χ2n) is 8.89. The molecule has 4 unspecified atom stereocenters. The molecule has 2 aromatic rings. The number of hydrogen-bond donors (Lipinski definition) is 9. The number of hydrogen-bond acceptors (Lipinski definition) is 8. The van der Waals surface area contributed by atoms with Gasteiger partial charge in [-0.05, 0) is 18.1 Å². The summed E-state index contributed by atoms with van der Waals surface area (Å²) in [6.45, 7) is 0. The van der Waals surface area contributed by atoms with Gasteiger partial charge in [0.25, 0.3) is 0 Å². The number of amides is 4. The monoisotopic (exact) mass is 562 g/mol. The van der Waals surface area contributed by atoms with Crippen molar-refractivity contribution in [2.45, 2.75) is 56.3 Å². The van der Waals surface area contributed by atoms with Crippen LogP contribution in [0.4, 0.5) is 0 Å². The number of aromatic amines is 1. The van der Waals surface area contributed by atoms with Crippen molar-refractivity contribution in [2.24, 2.45) is 11.5 Å². The normalized spacial score (nSPS) is 13.8. The number of aromatic nitrogens is 1. The fraction of sp³-hybridized carbons (Fsp3) is 0.375. The molecule has 4 amide bonds. The van der Waals surface area contributed by atoms with Crippen LogP contribution in [0.5, 0.6) is 0 Å². The smallest absolute Gasteiger partial charge is 0.326 e. The highest BCUT2D eigenvalue weighted by molar-refractivity contribution is 5.96. The molecule has 0 radical (unpaired) electrons. The second-order valence-corrected chi connectivity index (χ2v) is 8.89. The van der Waals surface area contributed by atoms with E-state index in [2.05, 4.69) is 20.9 Å². The van der Waals surface area contributed by atoms with Crippen molar-refractivity contribution >= 4 is 52.4 Å². The van der Waals surface area contributed by atoms with Crippen LogP contribution in [0, 0.1) is 0 Å². The predicted molar refractivity (Wildman–Crippen MR) is 136 cm³/mol. The first-order valence-corrected chi connectivity index (χ1v) is 11.9. The van der Waals surface area contributed by atoms with E-state index in [1.165, 1.54) is 0 Å². The number of primary amides is 1. The van der Waals surface area contributed by atoms with Crippen LogP contribution >= 0.6 is 0 Å². The van der Waals surface area contributed by atoms with E-state index in [1.807, 2.05) is 0 Å². The number of carboxylic acid groups (broad SMARTS) is 3. The minimum absolute atomic E-state index is 0.185. The number of fused-ring (bicyclic) bond motifs is 1. The number of nitrogens with one attached hydrogen (secondary N) is 4. The fourth-order valence-electron chi connectivity index (χ4n) is 3.76. The lowest BCUT2D eigenvalue weighted by molar-refractivity contribution is -0.147. The van der Waals surface area contributed by atoms with Crippen LogP contribution in [0.1, 0.15) is 31.2 Å². The largest absolute Gasteiger partial charge is 0.481 e. The average molecular weight is 563 g/mol. The van der Waals surface area contributed by atoms with Gasteiger partial charge in [0.05, 0.1) is 18.9 Å². The van der Waals surface area contributed by atoms with Crippen LogP contribution < -0.4 is 27.4 Å². The third-order valence-electron chi connectivity index (χ3n) is 5.77. The number of carboxylic acids is 3. The molecule has 2 rings (SSSR count). The number of carbonyl (C=O) groups excluding carboxylic acids is 4. The van der Waals surface area contributed by atoms with Gasteiger partial charge in [0.15, 0.2) is 0 Å². The highest BCUT2D eigenvalue weighted by atomic mass is 16.4. The number of H-pyrrole nitrogens is 1. The first kappa shape index (κ1) is 31.2. The van der Waals surface area contributed by atoms with Crippen LogP contribution in [-0.4, -0.2) is 86.0 Å². The van der Waals surface area contributed by atoms with Crippen molar-refractivity contribution in [2.75, 3.05) is 0 Å². The van der Waals surface area contributed by atoms with Crippen LogP contribution in [-0.2, 0) is 40.0 Å². The van der Waals surface area contributed by atoms with Crippen molar-refractivity contribution in [1.82, 2.24) is 20.9 Å². The molecule has 4 atom stereocenters. The summed E-state index contributed by atoms with van der Waals surface area (Å²) in [5, 5.41) is 34.6. The first-order chi connectivity index (χ1) is 18.8. The SMILES string of the molecule is NC(=O)CCC(NC(=O)C(N)CC(=O)O)C(=O)NC(Cc1c[nH]c2ccccc12)C(=O)NC(CC(=O)O)C(=O)O. The van der Waals surface area contributed by atoms with E-state index in [1.54, 1.807) is 30.5 Å². The summed E-state index contributed by atoms with van der Waals surface area (Å²) in [5.41, 5.74) is 12.0. The molecule has 0 saturated heterocycles. The summed E-state index contributed by atoms with van der Waals surface area (Å²) in [4.78, 5) is 86.5. The Hall–Kier alpha value is -4.99. The minimum atomic E-state index is -1.81. The van der Waals surface area contributed by atoms with Gasteiger partial charge in [-0.3, -0.25) is 28.8 Å². The molecule has 216 valence electrons. The summed E-state index contributed by atoms with van der Waals surface area (Å²) >= 11 is 0. The molecule has 0 aliphatic heterocycles. The zero-order valence-corrected chi connectivity index (χ0v) is 21.1. The molecule has 0 aliphatic carbocycles. The van der Waals surface area contributed by atoms with Gasteiger partial charge in [-0.15, -0.1) is 0 Å². The summed E-state index contributed by atoms with van der Waals surface area (Å²) in [6.07, 6.45) is -0.998. The van der Waals surface area contributed by atoms with E-state index in [4.69, 9.17) is 21.7 Å². The van der Waals surface area contributed by atoms with Gasteiger partial charge in [0.2, 0.25) is 23.6 Å². The van der Waals surface area contributed by atoms with Gasteiger partial charge in [-0.2, -0.15) is 0 Å². The molecule has 0 spiro atoms. The lowest BCUT2D eigenvalue weighted by Crippen LogP contribution is -2.58. The maximum Gasteiger partial charge on any atom is 0.326 e. The summed E-state index contributed by atoms with van der Waals surface area (Å²) in [5.74, 6) is -8.32. The zero-order valence-electron chi connectivity index (χ0n) is 21.1. The molecule has 0 bridgehead atoms. The van der Waals surface area contributed by atoms with Gasteiger partial charge in [-0.1, -0.05) is 18.2 Å². The van der Waals surface area contributed by atoms with Crippen molar-refractivity contribution in [1.29, 1.82) is 0 Å². The van der Waals surface area contributed by atoms with E-state index in [-0.39, 0.29) is 19.3 Å². The van der Waals surface area contributed by atoms with E-state index in [0.717, 1.165) is 0 Å². The Morgan fingerprint density at radius 3 is 1.98 bits per heavy atom. The number of aliphatic carboxylic acids is 3. The Balaban J connectivity index is 2.34. The Bertz CT molecular complexity index is 1290. The molecule has 0 saturated carbocycles. The minimum Gasteiger partial charge on any atom is -0.481 e. The van der Waals surface area contributed by atoms with Crippen molar-refractivity contribution in [3.63, 3.8) is 0 Å². The lowest BCUT2D eigenvalue weighted by atomic mass is 10.0. The number of carbonyl (C=O) groups is 7. The van der Waals surface area contributed by atoms with Crippen LogP contribution in [0.25, 0.3) is 10.9 Å². The fourth-order valence-corrected chi connectivity index (χ4v) is 3.76. The third kappa shape index (κ3) is 9.39. The quantitative estimate of drug-likeness (QED) is 0.106.